The SMILES string of the molecule is Cc1c([C@H]2CN(Cc3ccccc3OC(C)C)C[C@@H]2C(N)=O)cnn1C. The van der Waals surface area contributed by atoms with E-state index in [1.54, 1.807) is 0 Å². The molecule has 1 aliphatic heterocycles. The predicted molar refractivity (Wildman–Crippen MR) is 101 cm³/mol. The molecule has 6 nitrogen and oxygen atoms in total. The number of hydrogen-bond donors (Lipinski definition) is 1. The van der Waals surface area contributed by atoms with Gasteiger partial charge in [0.2, 0.25) is 5.91 Å². The Balaban J connectivity index is 1.81. The maximum atomic E-state index is 12.1. The van der Waals surface area contributed by atoms with Crippen LogP contribution in [0.1, 0.15) is 36.6 Å². The number of carbonyl (C=O) groups is 1. The van der Waals surface area contributed by atoms with Crippen LogP contribution in [0, 0.1) is 12.8 Å². The molecular weight excluding hydrogens is 328 g/mol. The normalized spacial score (nSPS) is 20.7. The van der Waals surface area contributed by atoms with Gasteiger partial charge in [-0.1, -0.05) is 18.2 Å². The Kier molecular flexibility index (Phi) is 5.32. The highest BCUT2D eigenvalue weighted by molar-refractivity contribution is 5.78. The van der Waals surface area contributed by atoms with Gasteiger partial charge in [0, 0.05) is 43.9 Å². The number of nitrogens with two attached hydrogens (primary N) is 1. The van der Waals surface area contributed by atoms with E-state index in [2.05, 4.69) is 16.1 Å². The largest absolute Gasteiger partial charge is 0.491 e. The van der Waals surface area contributed by atoms with Gasteiger partial charge >= 0.3 is 0 Å². The lowest BCUT2D eigenvalue weighted by molar-refractivity contribution is -0.121. The number of ether oxygens (including phenoxy) is 1. The molecule has 1 aliphatic rings. The third-order valence-corrected chi connectivity index (χ3v) is 5.16. The second kappa shape index (κ2) is 7.50. The molecule has 0 saturated carbocycles. The molecule has 1 fully saturated rings. The monoisotopic (exact) mass is 356 g/mol. The van der Waals surface area contributed by atoms with Crippen molar-refractivity contribution in [1.82, 2.24) is 14.7 Å². The maximum absolute atomic E-state index is 12.1. The first-order valence-electron chi connectivity index (χ1n) is 9.11. The quantitative estimate of drug-likeness (QED) is 0.861. The first-order chi connectivity index (χ1) is 12.4. The molecule has 0 unspecified atom stereocenters. The van der Waals surface area contributed by atoms with Crippen LogP contribution in [0.3, 0.4) is 0 Å². The molecule has 1 amide bonds. The summed E-state index contributed by atoms with van der Waals surface area (Å²) in [5, 5.41) is 4.34. The van der Waals surface area contributed by atoms with E-state index in [-0.39, 0.29) is 23.8 Å². The first-order valence-corrected chi connectivity index (χ1v) is 9.11. The van der Waals surface area contributed by atoms with Crippen LogP contribution in [0.4, 0.5) is 0 Å². The summed E-state index contributed by atoms with van der Waals surface area (Å²) < 4.78 is 7.78. The van der Waals surface area contributed by atoms with E-state index in [4.69, 9.17) is 10.5 Å². The van der Waals surface area contributed by atoms with Crippen LogP contribution >= 0.6 is 0 Å². The minimum atomic E-state index is -0.243. The van der Waals surface area contributed by atoms with Gasteiger partial charge in [0.25, 0.3) is 0 Å². The zero-order chi connectivity index (χ0) is 18.8. The Morgan fingerprint density at radius 3 is 2.69 bits per heavy atom. The van der Waals surface area contributed by atoms with E-state index in [1.807, 2.05) is 56.9 Å². The molecule has 0 radical (unpaired) electrons. The molecular formula is C20H28N4O2. The Bertz CT molecular complexity index is 784. The predicted octanol–water partition coefficient (Wildman–Crippen LogP) is 2.22. The van der Waals surface area contributed by atoms with Crippen molar-refractivity contribution in [1.29, 1.82) is 0 Å². The third kappa shape index (κ3) is 3.75. The average Bonchev–Trinajstić information content (AvgIpc) is 3.13. The molecule has 140 valence electrons. The smallest absolute Gasteiger partial charge is 0.222 e. The molecule has 0 spiro atoms. The number of rotatable bonds is 6. The molecule has 1 aromatic heterocycles. The number of primary amides is 1. The van der Waals surface area contributed by atoms with E-state index in [0.717, 1.165) is 35.7 Å². The number of likely N-dealkylation sites (tertiary alicyclic amines) is 1. The summed E-state index contributed by atoms with van der Waals surface area (Å²) in [4.78, 5) is 14.3. The van der Waals surface area contributed by atoms with E-state index in [1.165, 1.54) is 0 Å². The lowest BCUT2D eigenvalue weighted by Crippen LogP contribution is -2.29. The summed E-state index contributed by atoms with van der Waals surface area (Å²) >= 11 is 0. The van der Waals surface area contributed by atoms with E-state index in [9.17, 15) is 4.79 Å². The molecule has 2 aromatic rings. The van der Waals surface area contributed by atoms with Crippen molar-refractivity contribution in [3.63, 3.8) is 0 Å². The molecule has 2 heterocycles. The second-order valence-corrected chi connectivity index (χ2v) is 7.39. The van der Waals surface area contributed by atoms with Crippen LogP contribution in [0.15, 0.2) is 30.5 Å². The summed E-state index contributed by atoms with van der Waals surface area (Å²) in [6.07, 6.45) is 1.99. The molecule has 6 heteroatoms. The van der Waals surface area contributed by atoms with Crippen LogP contribution in [0.5, 0.6) is 5.75 Å². The standard InChI is InChI=1S/C20H28N4O2/c1-13(2)26-19-8-6-5-7-15(19)10-24-11-17(18(12-24)20(21)25)16-9-22-23(4)14(16)3/h5-9,13,17-18H,10-12H2,1-4H3,(H2,21,25)/t17-,18+/m1/s1. The van der Waals surface area contributed by atoms with Gasteiger partial charge in [-0.3, -0.25) is 14.4 Å². The van der Waals surface area contributed by atoms with Crippen LogP contribution in [0.2, 0.25) is 0 Å². The molecule has 26 heavy (non-hydrogen) atoms. The molecule has 1 saturated heterocycles. The number of benzene rings is 1. The zero-order valence-electron chi connectivity index (χ0n) is 16.0. The summed E-state index contributed by atoms with van der Waals surface area (Å²) in [5.74, 6) is 0.544. The van der Waals surface area contributed by atoms with Gasteiger partial charge in [-0.05, 0) is 32.4 Å². The number of nitrogens with zero attached hydrogens (tertiary/aromatic N) is 3. The Morgan fingerprint density at radius 1 is 1.35 bits per heavy atom. The molecule has 2 atom stereocenters. The van der Waals surface area contributed by atoms with Crippen molar-refractivity contribution >= 4 is 5.91 Å². The van der Waals surface area contributed by atoms with Gasteiger partial charge in [0.15, 0.2) is 0 Å². The van der Waals surface area contributed by atoms with Gasteiger partial charge in [-0.2, -0.15) is 5.10 Å². The van der Waals surface area contributed by atoms with Crippen molar-refractivity contribution in [2.75, 3.05) is 13.1 Å². The van der Waals surface area contributed by atoms with Crippen molar-refractivity contribution in [2.24, 2.45) is 18.7 Å². The zero-order valence-corrected chi connectivity index (χ0v) is 16.0. The highest BCUT2D eigenvalue weighted by Crippen LogP contribution is 2.35. The van der Waals surface area contributed by atoms with E-state index >= 15 is 0 Å². The number of para-hydroxylation sites is 1. The van der Waals surface area contributed by atoms with E-state index in [0.29, 0.717) is 6.54 Å². The molecule has 3 rings (SSSR count). The van der Waals surface area contributed by atoms with Gasteiger partial charge in [0.05, 0.1) is 18.2 Å². The Morgan fingerprint density at radius 2 is 2.08 bits per heavy atom. The molecule has 0 aliphatic carbocycles. The molecule has 1 aromatic carbocycles. The summed E-state index contributed by atoms with van der Waals surface area (Å²) in [5.41, 5.74) is 9.05. The van der Waals surface area contributed by atoms with Gasteiger partial charge in [-0.25, -0.2) is 0 Å². The fourth-order valence-corrected chi connectivity index (χ4v) is 3.74. The number of aromatic nitrogens is 2. The van der Waals surface area contributed by atoms with Gasteiger partial charge in [0.1, 0.15) is 5.75 Å². The summed E-state index contributed by atoms with van der Waals surface area (Å²) in [7, 11) is 1.92. The fourth-order valence-electron chi connectivity index (χ4n) is 3.74. The third-order valence-electron chi connectivity index (χ3n) is 5.16. The average molecular weight is 356 g/mol. The first kappa shape index (κ1) is 18.5. The molecule has 2 N–H and O–H groups in total. The number of amides is 1. The highest BCUT2D eigenvalue weighted by atomic mass is 16.5. The summed E-state index contributed by atoms with van der Waals surface area (Å²) in [6, 6.07) is 8.09. The van der Waals surface area contributed by atoms with Gasteiger partial charge in [-0.15, -0.1) is 0 Å². The van der Waals surface area contributed by atoms with E-state index < -0.39 is 0 Å². The number of carbonyl (C=O) groups excluding carboxylic acids is 1. The van der Waals surface area contributed by atoms with Crippen LogP contribution < -0.4 is 10.5 Å². The lowest BCUT2D eigenvalue weighted by Gasteiger charge is -2.19. The molecule has 0 bridgehead atoms. The Labute approximate surface area is 154 Å². The van der Waals surface area contributed by atoms with Crippen molar-refractivity contribution in [3.8, 4) is 5.75 Å². The number of aryl methyl sites for hydroxylation is 1. The lowest BCUT2D eigenvalue weighted by atomic mass is 9.89. The minimum Gasteiger partial charge on any atom is -0.491 e. The van der Waals surface area contributed by atoms with Crippen LogP contribution in [-0.4, -0.2) is 39.8 Å². The van der Waals surface area contributed by atoms with Crippen molar-refractivity contribution < 1.29 is 9.53 Å². The topological polar surface area (TPSA) is 73.4 Å². The highest BCUT2D eigenvalue weighted by Gasteiger charge is 2.39. The van der Waals surface area contributed by atoms with Crippen molar-refractivity contribution in [3.05, 3.63) is 47.3 Å². The van der Waals surface area contributed by atoms with Crippen LogP contribution in [-0.2, 0) is 18.4 Å². The number of hydrogen-bond acceptors (Lipinski definition) is 4. The van der Waals surface area contributed by atoms with Crippen LogP contribution in [0.25, 0.3) is 0 Å². The van der Waals surface area contributed by atoms with Gasteiger partial charge < -0.3 is 10.5 Å². The van der Waals surface area contributed by atoms with Crippen molar-refractivity contribution in [2.45, 2.75) is 39.3 Å². The second-order valence-electron chi connectivity index (χ2n) is 7.39. The fraction of sp³-hybridized carbons (Fsp3) is 0.500. The Hall–Kier alpha value is -2.34. The minimum absolute atomic E-state index is 0.0828. The maximum Gasteiger partial charge on any atom is 0.222 e. The summed E-state index contributed by atoms with van der Waals surface area (Å²) in [6.45, 7) is 8.27.